The van der Waals surface area contributed by atoms with Crippen LogP contribution in [0.25, 0.3) is 44.4 Å². The summed E-state index contributed by atoms with van der Waals surface area (Å²) in [6.07, 6.45) is 1.85. The largest absolute Gasteiger partial charge is 2.00 e. The molecule has 232 valence electrons. The summed E-state index contributed by atoms with van der Waals surface area (Å²) >= 11 is 0. The zero-order valence-corrected chi connectivity index (χ0v) is 29.4. The number of hydrogen-bond acceptors (Lipinski definition) is 3. The van der Waals surface area contributed by atoms with Crippen molar-refractivity contribution in [2.24, 2.45) is 0 Å². The molecule has 0 unspecified atom stereocenters. The number of fused-ring (bicyclic) bond motifs is 3. The fraction of sp³-hybridized carbons (Fsp3) is 0.200. The number of aromatic nitrogens is 4. The molecule has 0 aliphatic heterocycles. The number of benzene rings is 4. The predicted molar refractivity (Wildman–Crippen MR) is 183 cm³/mol. The van der Waals surface area contributed by atoms with E-state index in [0.717, 1.165) is 50.3 Å². The zero-order chi connectivity index (χ0) is 31.5. The normalized spacial score (nSPS) is 11.6. The van der Waals surface area contributed by atoms with Gasteiger partial charge in [-0.1, -0.05) is 62.7 Å². The third kappa shape index (κ3) is 5.47. The second-order valence-corrected chi connectivity index (χ2v) is 12.9. The second-order valence-electron chi connectivity index (χ2n) is 12.9. The van der Waals surface area contributed by atoms with Crippen molar-refractivity contribution in [3.63, 3.8) is 0 Å². The maximum Gasteiger partial charge on any atom is 2.00 e. The molecule has 3 heterocycles. The van der Waals surface area contributed by atoms with Gasteiger partial charge in [0.25, 0.3) is 0 Å². The molecule has 0 N–H and O–H groups in total. The van der Waals surface area contributed by atoms with Crippen molar-refractivity contribution in [2.75, 3.05) is 0 Å². The van der Waals surface area contributed by atoms with Gasteiger partial charge in [0.05, 0.1) is 11.4 Å². The fourth-order valence-electron chi connectivity index (χ4n) is 6.45. The summed E-state index contributed by atoms with van der Waals surface area (Å²) in [5.74, 6) is 2.06. The number of hydrogen-bond donors (Lipinski definition) is 0. The van der Waals surface area contributed by atoms with E-state index in [2.05, 4.69) is 120 Å². The van der Waals surface area contributed by atoms with Gasteiger partial charge in [-0.05, 0) is 79.2 Å². The molecule has 0 saturated heterocycles. The molecule has 0 aliphatic carbocycles. The minimum atomic E-state index is -0.175. The maximum atomic E-state index is 6.46. The Balaban J connectivity index is 0.00000372. The quantitative estimate of drug-likeness (QED) is 0.163. The average molecular weight is 784 g/mol. The molecule has 0 bridgehead atoms. The van der Waals surface area contributed by atoms with Gasteiger partial charge >= 0.3 is 21.1 Å². The SMILES string of the molecule is Cc1ccnc(-n2c3[c-]c(Oc4[c-]c(-n5nc(C)c(-c6c(C)cccc6C)c5C(C)(C)C)ccc4)ccc3c3ccccc32)c1.[Pt+2]. The number of para-hydroxylation sites is 1. The Kier molecular flexibility index (Phi) is 8.25. The van der Waals surface area contributed by atoms with Crippen molar-refractivity contribution >= 4 is 21.8 Å². The summed E-state index contributed by atoms with van der Waals surface area (Å²) in [7, 11) is 0. The molecule has 0 aliphatic rings. The fourth-order valence-corrected chi connectivity index (χ4v) is 6.45. The van der Waals surface area contributed by atoms with Crippen molar-refractivity contribution in [3.05, 3.63) is 131 Å². The molecule has 3 aromatic heterocycles. The van der Waals surface area contributed by atoms with Crippen LogP contribution in [-0.4, -0.2) is 19.3 Å². The topological polar surface area (TPSA) is 44.9 Å². The molecule has 0 amide bonds. The smallest absolute Gasteiger partial charge is 0.509 e. The molecule has 6 heteroatoms. The van der Waals surface area contributed by atoms with Gasteiger partial charge in [0, 0.05) is 34.2 Å². The number of nitrogens with zero attached hydrogens (tertiary/aromatic N) is 4. The molecule has 4 aromatic carbocycles. The molecular formula is C40H36N4OPt. The van der Waals surface area contributed by atoms with Crippen LogP contribution in [0.3, 0.4) is 0 Å². The Hall–Kier alpha value is -4.47. The van der Waals surface area contributed by atoms with Crippen LogP contribution in [0.2, 0.25) is 0 Å². The van der Waals surface area contributed by atoms with Crippen LogP contribution in [0.1, 0.15) is 48.8 Å². The molecule has 7 rings (SSSR count). The van der Waals surface area contributed by atoms with E-state index in [1.807, 2.05) is 41.2 Å². The average Bonchev–Trinajstić information content (AvgIpc) is 3.52. The summed E-state index contributed by atoms with van der Waals surface area (Å²) in [6, 6.07) is 36.1. The van der Waals surface area contributed by atoms with Crippen molar-refractivity contribution < 1.29 is 25.8 Å². The number of pyridine rings is 1. The van der Waals surface area contributed by atoms with E-state index in [1.54, 1.807) is 0 Å². The van der Waals surface area contributed by atoms with E-state index in [4.69, 9.17) is 14.8 Å². The molecule has 7 aromatic rings. The summed E-state index contributed by atoms with van der Waals surface area (Å²) in [6.45, 7) is 15.2. The first kappa shape index (κ1) is 31.5. The first-order chi connectivity index (χ1) is 21.6. The molecule has 46 heavy (non-hydrogen) atoms. The van der Waals surface area contributed by atoms with E-state index in [-0.39, 0.29) is 26.5 Å². The Morgan fingerprint density at radius 3 is 2.17 bits per heavy atom. The van der Waals surface area contributed by atoms with Crippen LogP contribution in [0.4, 0.5) is 0 Å². The van der Waals surface area contributed by atoms with Crippen molar-refractivity contribution in [3.8, 4) is 34.1 Å². The van der Waals surface area contributed by atoms with Crippen LogP contribution in [0.15, 0.2) is 91.1 Å². The van der Waals surface area contributed by atoms with Crippen LogP contribution >= 0.6 is 0 Å². The number of ether oxygens (including phenoxy) is 1. The van der Waals surface area contributed by atoms with E-state index >= 15 is 0 Å². The summed E-state index contributed by atoms with van der Waals surface area (Å²) in [4.78, 5) is 4.70. The Bertz CT molecular complexity index is 2210. The standard InChI is InChI=1S/C40H36N4O.Pt/c1-25-20-21-41-36(22-25)43-34-17-9-8-16-32(34)33-19-18-31(24-35(33)43)45-30-15-11-14-29(23-30)44-39(40(5,6)7)38(28(4)42-44)37-26(2)12-10-13-27(37)3;/h8-22H,1-7H3;/q-2;+2. The maximum absolute atomic E-state index is 6.46. The minimum Gasteiger partial charge on any atom is -0.509 e. The zero-order valence-electron chi connectivity index (χ0n) is 27.2. The third-order valence-electron chi connectivity index (χ3n) is 8.39. The molecule has 0 saturated carbocycles. The molecule has 0 radical (unpaired) electrons. The summed E-state index contributed by atoms with van der Waals surface area (Å²) < 4.78 is 10.7. The Morgan fingerprint density at radius 2 is 1.43 bits per heavy atom. The van der Waals surface area contributed by atoms with Gasteiger partial charge < -0.3 is 9.30 Å². The van der Waals surface area contributed by atoms with E-state index in [9.17, 15) is 0 Å². The molecular weight excluding hydrogens is 748 g/mol. The molecule has 5 nitrogen and oxygen atoms in total. The molecule has 0 fully saturated rings. The van der Waals surface area contributed by atoms with Crippen molar-refractivity contribution in [2.45, 2.75) is 53.9 Å². The second kappa shape index (κ2) is 12.0. The number of aryl methyl sites for hydroxylation is 4. The molecule has 0 spiro atoms. The van der Waals surface area contributed by atoms with Crippen molar-refractivity contribution in [1.29, 1.82) is 0 Å². The first-order valence-corrected chi connectivity index (χ1v) is 15.4. The van der Waals surface area contributed by atoms with Crippen molar-refractivity contribution in [1.82, 2.24) is 19.3 Å². The van der Waals surface area contributed by atoms with E-state index in [1.165, 1.54) is 22.3 Å². The summed E-state index contributed by atoms with van der Waals surface area (Å²) in [5, 5.41) is 7.33. The van der Waals surface area contributed by atoms with Gasteiger partial charge in [0.15, 0.2) is 0 Å². The Labute approximate surface area is 285 Å². The van der Waals surface area contributed by atoms with Gasteiger partial charge in [-0.15, -0.1) is 35.7 Å². The number of rotatable bonds is 5. The van der Waals surface area contributed by atoms with Crippen LogP contribution in [0.5, 0.6) is 11.5 Å². The molecule has 0 atom stereocenters. The predicted octanol–water partition coefficient (Wildman–Crippen LogP) is 9.95. The van der Waals surface area contributed by atoms with Gasteiger partial charge in [-0.3, -0.25) is 4.68 Å². The van der Waals surface area contributed by atoms with Gasteiger partial charge in [-0.25, -0.2) is 4.98 Å². The monoisotopic (exact) mass is 783 g/mol. The van der Waals surface area contributed by atoms with Crippen LogP contribution < -0.4 is 4.74 Å². The third-order valence-corrected chi connectivity index (χ3v) is 8.39. The minimum absolute atomic E-state index is 0. The first-order valence-electron chi connectivity index (χ1n) is 15.4. The van der Waals surface area contributed by atoms with E-state index < -0.39 is 0 Å². The van der Waals surface area contributed by atoms with Crippen LogP contribution in [0, 0.1) is 39.8 Å². The van der Waals surface area contributed by atoms with Gasteiger partial charge in [0.1, 0.15) is 5.82 Å². The van der Waals surface area contributed by atoms with Gasteiger partial charge in [-0.2, -0.15) is 17.2 Å². The van der Waals surface area contributed by atoms with Crippen LogP contribution in [-0.2, 0) is 26.5 Å². The Morgan fingerprint density at radius 1 is 0.717 bits per heavy atom. The van der Waals surface area contributed by atoms with Gasteiger partial charge in [0.2, 0.25) is 0 Å². The summed E-state index contributed by atoms with van der Waals surface area (Å²) in [5.41, 5.74) is 10.9. The van der Waals surface area contributed by atoms with E-state index in [0.29, 0.717) is 11.5 Å².